The van der Waals surface area contributed by atoms with Crippen LogP contribution in [0.1, 0.15) is 90.1 Å². The smallest absolute Gasteiger partial charge is 0.251 e. The maximum absolute atomic E-state index is 14.8. The Labute approximate surface area is 428 Å². The van der Waals surface area contributed by atoms with E-state index in [1.54, 1.807) is 23.0 Å². The largest absolute Gasteiger partial charge is 0.497 e. The minimum absolute atomic E-state index is 0.0221. The molecule has 4 fully saturated rings. The molecule has 0 aromatic heterocycles. The number of unbranched alkanes of at least 4 members (excludes halogenated alkanes) is 1. The number of carbonyl (C=O) groups excluding carboxylic acids is 4. The van der Waals surface area contributed by atoms with Crippen molar-refractivity contribution in [1.29, 1.82) is 0 Å². The lowest BCUT2D eigenvalue weighted by Crippen LogP contribution is -2.55. The molecule has 2 heterocycles. The molecular formula is C56H73F3N8O6. The Morgan fingerprint density at radius 3 is 1.97 bits per heavy atom. The molecule has 3 aromatic carbocycles. The number of amides is 4. The highest BCUT2D eigenvalue weighted by Crippen LogP contribution is 2.57. The molecule has 5 aliphatic rings. The van der Waals surface area contributed by atoms with E-state index < -0.39 is 35.5 Å². The van der Waals surface area contributed by atoms with Crippen LogP contribution in [0, 0.1) is 28.8 Å². The van der Waals surface area contributed by atoms with Gasteiger partial charge < -0.3 is 45.4 Å². The third kappa shape index (κ3) is 14.2. The minimum Gasteiger partial charge on any atom is -0.497 e. The molecule has 0 bridgehead atoms. The first-order chi connectivity index (χ1) is 35.1. The SMILES string of the molecule is COC1=CCC(C)([C@@H]2CC2(C)NCCCC[C@H](NC(=O)c2ccc(F)cc2)C(=O)N2CCN(Cc3cc(F)ccc3[C@@H]3CC3NCCOC[C@H](NC(=O)c3ccc(F)cc3)C(=O)N3CCN(C)CC3)CC2)C=C1. The Morgan fingerprint density at radius 1 is 0.753 bits per heavy atom. The van der Waals surface area contributed by atoms with E-state index in [-0.39, 0.29) is 58.3 Å². The van der Waals surface area contributed by atoms with Crippen LogP contribution in [0.4, 0.5) is 13.2 Å². The lowest BCUT2D eigenvalue weighted by Gasteiger charge is -2.37. The normalized spacial score (nSPS) is 24.9. The van der Waals surface area contributed by atoms with E-state index in [0.717, 1.165) is 68.6 Å². The summed E-state index contributed by atoms with van der Waals surface area (Å²) in [4.78, 5) is 62.1. The monoisotopic (exact) mass is 1010 g/mol. The molecule has 0 spiro atoms. The van der Waals surface area contributed by atoms with Gasteiger partial charge in [0.05, 0.1) is 20.3 Å². The highest BCUT2D eigenvalue weighted by atomic mass is 19.1. The summed E-state index contributed by atoms with van der Waals surface area (Å²) < 4.78 is 53.5. The summed E-state index contributed by atoms with van der Waals surface area (Å²) in [7, 11) is 3.69. The second kappa shape index (κ2) is 24.2. The molecule has 4 N–H and O–H groups in total. The lowest BCUT2D eigenvalue weighted by atomic mass is 9.77. The van der Waals surface area contributed by atoms with Crippen molar-refractivity contribution < 1.29 is 41.8 Å². The number of ether oxygens (including phenoxy) is 2. The van der Waals surface area contributed by atoms with Crippen LogP contribution in [0.25, 0.3) is 0 Å². The maximum atomic E-state index is 14.8. The van der Waals surface area contributed by atoms with Crippen LogP contribution in [0.2, 0.25) is 0 Å². The summed E-state index contributed by atoms with van der Waals surface area (Å²) >= 11 is 0. The van der Waals surface area contributed by atoms with Crippen LogP contribution in [0.15, 0.2) is 90.7 Å². The molecule has 0 radical (unpaired) electrons. The number of halogens is 3. The molecular weight excluding hydrogens is 938 g/mol. The van der Waals surface area contributed by atoms with Gasteiger partial charge in [-0.3, -0.25) is 24.1 Å². The van der Waals surface area contributed by atoms with Crippen LogP contribution >= 0.6 is 0 Å². The summed E-state index contributed by atoms with van der Waals surface area (Å²) in [5.41, 5.74) is 2.60. The first-order valence-electron chi connectivity index (χ1n) is 26.0. The van der Waals surface area contributed by atoms with E-state index in [1.165, 1.54) is 54.6 Å². The maximum Gasteiger partial charge on any atom is 0.251 e. The zero-order valence-corrected chi connectivity index (χ0v) is 42.8. The molecule has 3 aromatic rings. The van der Waals surface area contributed by atoms with Crippen molar-refractivity contribution in [2.24, 2.45) is 11.3 Å². The number of nitrogens with one attached hydrogen (secondary N) is 4. The molecule has 3 unspecified atom stereocenters. The summed E-state index contributed by atoms with van der Waals surface area (Å²) in [5.74, 6) is -0.912. The van der Waals surface area contributed by atoms with Gasteiger partial charge in [-0.1, -0.05) is 19.1 Å². The number of hydrogen-bond donors (Lipinski definition) is 4. The van der Waals surface area contributed by atoms with Crippen LogP contribution in [-0.4, -0.2) is 160 Å². The summed E-state index contributed by atoms with van der Waals surface area (Å²) in [6.07, 6.45) is 11.4. The molecule has 8 rings (SSSR count). The van der Waals surface area contributed by atoms with Crippen molar-refractivity contribution in [2.45, 2.75) is 88.5 Å². The third-order valence-corrected chi connectivity index (χ3v) is 15.6. The number of piperazine rings is 2. The number of carbonyl (C=O) groups is 4. The average molecular weight is 1010 g/mol. The second-order valence-electron chi connectivity index (χ2n) is 21.1. The molecule has 394 valence electrons. The fourth-order valence-corrected chi connectivity index (χ4v) is 10.8. The van der Waals surface area contributed by atoms with Crippen LogP contribution < -0.4 is 21.3 Å². The van der Waals surface area contributed by atoms with Gasteiger partial charge in [0.25, 0.3) is 11.8 Å². The lowest BCUT2D eigenvalue weighted by molar-refractivity contribution is -0.136. The second-order valence-corrected chi connectivity index (χ2v) is 21.1. The molecule has 7 atom stereocenters. The summed E-state index contributed by atoms with van der Waals surface area (Å²) in [6.45, 7) is 11.3. The Balaban J connectivity index is 0.796. The van der Waals surface area contributed by atoms with E-state index in [4.69, 9.17) is 9.47 Å². The highest BCUT2D eigenvalue weighted by molar-refractivity contribution is 5.98. The minimum atomic E-state index is -0.911. The third-order valence-electron chi connectivity index (χ3n) is 15.6. The predicted molar refractivity (Wildman–Crippen MR) is 273 cm³/mol. The van der Waals surface area contributed by atoms with Crippen molar-refractivity contribution in [3.05, 3.63) is 130 Å². The van der Waals surface area contributed by atoms with Gasteiger partial charge in [0.2, 0.25) is 11.8 Å². The molecule has 2 aliphatic heterocycles. The highest BCUT2D eigenvalue weighted by Gasteiger charge is 2.57. The van der Waals surface area contributed by atoms with Crippen LogP contribution in [-0.2, 0) is 25.6 Å². The molecule has 14 nitrogen and oxygen atoms in total. The van der Waals surface area contributed by atoms with E-state index in [1.807, 2.05) is 13.1 Å². The number of hydrogen-bond acceptors (Lipinski definition) is 10. The van der Waals surface area contributed by atoms with Gasteiger partial charge in [-0.2, -0.15) is 0 Å². The van der Waals surface area contributed by atoms with Gasteiger partial charge in [-0.25, -0.2) is 13.2 Å². The topological polar surface area (TPSA) is 148 Å². The summed E-state index contributed by atoms with van der Waals surface area (Å²) in [5, 5.41) is 13.1. The molecule has 17 heteroatoms. The number of likely N-dealkylation sites (N-methyl/N-ethyl adjacent to an activating group) is 1. The van der Waals surface area contributed by atoms with Crippen molar-refractivity contribution >= 4 is 23.6 Å². The molecule has 73 heavy (non-hydrogen) atoms. The quantitative estimate of drug-likeness (QED) is 0.0884. The van der Waals surface area contributed by atoms with Gasteiger partial charge in [0.1, 0.15) is 35.3 Å². The number of methoxy groups -OCH3 is 1. The summed E-state index contributed by atoms with van der Waals surface area (Å²) in [6, 6.07) is 13.9. The number of benzene rings is 3. The van der Waals surface area contributed by atoms with E-state index >= 15 is 0 Å². The predicted octanol–water partition coefficient (Wildman–Crippen LogP) is 5.62. The van der Waals surface area contributed by atoms with Gasteiger partial charge in [-0.05, 0) is 154 Å². The number of nitrogens with zero attached hydrogens (tertiary/aromatic N) is 4. The molecule has 3 aliphatic carbocycles. The molecule has 2 saturated heterocycles. The van der Waals surface area contributed by atoms with Crippen molar-refractivity contribution in [2.75, 3.05) is 92.8 Å². The first kappa shape index (κ1) is 53.7. The van der Waals surface area contributed by atoms with Crippen molar-refractivity contribution in [3.8, 4) is 0 Å². The zero-order chi connectivity index (χ0) is 51.7. The Morgan fingerprint density at radius 2 is 1.36 bits per heavy atom. The zero-order valence-electron chi connectivity index (χ0n) is 42.8. The van der Waals surface area contributed by atoms with Crippen LogP contribution in [0.5, 0.6) is 0 Å². The molecule has 4 amide bonds. The van der Waals surface area contributed by atoms with E-state index in [0.29, 0.717) is 71.3 Å². The van der Waals surface area contributed by atoms with Gasteiger partial charge in [0, 0.05) is 94.1 Å². The molecule has 2 saturated carbocycles. The number of rotatable bonds is 23. The van der Waals surface area contributed by atoms with E-state index in [2.05, 4.69) is 63.1 Å². The van der Waals surface area contributed by atoms with Crippen LogP contribution in [0.3, 0.4) is 0 Å². The Hall–Kier alpha value is -5.59. The van der Waals surface area contributed by atoms with E-state index in [9.17, 15) is 32.3 Å². The van der Waals surface area contributed by atoms with Gasteiger partial charge in [0.15, 0.2) is 0 Å². The Kier molecular flexibility index (Phi) is 17.8. The van der Waals surface area contributed by atoms with Crippen molar-refractivity contribution in [3.63, 3.8) is 0 Å². The fraction of sp³-hybridized carbons (Fsp3) is 0.536. The Bertz CT molecular complexity index is 2460. The average Bonchev–Trinajstić information content (AvgIpc) is 4.32. The van der Waals surface area contributed by atoms with Crippen molar-refractivity contribution in [1.82, 2.24) is 40.9 Å². The first-order valence-corrected chi connectivity index (χ1v) is 26.0. The fourth-order valence-electron chi connectivity index (χ4n) is 10.8. The van der Waals surface area contributed by atoms with Gasteiger partial charge in [-0.15, -0.1) is 0 Å². The number of allylic oxidation sites excluding steroid dienone is 3. The standard InChI is InChI=1S/C56H73F3N8O6/c1-55(20-18-44(72-4)19-21-55)50-35-56(50,2)61-22-6-5-7-47(62-51(68)38-8-12-41(57)13-9-38)53(70)67-30-26-65(27-31-67)36-40-33-43(59)16-17-45(40)46-34-48(46)60-23-32-73-37-49(54(71)66-28-24-64(3)25-29-66)63-52(69)39-10-14-42(58)15-11-39/h8-20,33,46-50,60-61H,5-7,21-32,34-37H2,1-4H3,(H,62,68)(H,63,69)/t46-,47-,48?,49-,50-,55?,56?/m0/s1. The van der Waals surface area contributed by atoms with Gasteiger partial charge >= 0.3 is 0 Å².